The maximum absolute atomic E-state index is 5.95. The third-order valence-corrected chi connectivity index (χ3v) is 3.24. The maximum atomic E-state index is 5.95. The summed E-state index contributed by atoms with van der Waals surface area (Å²) in [6.07, 6.45) is 0.882. The summed E-state index contributed by atoms with van der Waals surface area (Å²) in [5.74, 6) is 1.41. The Morgan fingerprint density at radius 1 is 1.25 bits per heavy atom. The van der Waals surface area contributed by atoms with Crippen LogP contribution in [-0.2, 0) is 13.0 Å². The van der Waals surface area contributed by atoms with E-state index in [0.29, 0.717) is 10.9 Å². The summed E-state index contributed by atoms with van der Waals surface area (Å²) < 4.78 is 5.90. The van der Waals surface area contributed by atoms with E-state index in [9.17, 15) is 0 Å². The van der Waals surface area contributed by atoms with Crippen molar-refractivity contribution in [3.63, 3.8) is 0 Å². The highest BCUT2D eigenvalue weighted by Gasteiger charge is 2.06. The molecule has 0 fully saturated rings. The second kappa shape index (κ2) is 6.73. The molecule has 2 aromatic rings. The lowest BCUT2D eigenvalue weighted by molar-refractivity contribution is 0.456. The van der Waals surface area contributed by atoms with Crippen molar-refractivity contribution in [1.82, 2.24) is 10.3 Å². The van der Waals surface area contributed by atoms with Gasteiger partial charge in [0.25, 0.3) is 0 Å². The molecule has 1 aromatic carbocycles. The molecule has 20 heavy (non-hydrogen) atoms. The molecule has 0 aliphatic rings. The fourth-order valence-electron chi connectivity index (χ4n) is 2.00. The Hall–Kier alpha value is -1.58. The predicted octanol–water partition coefficient (Wildman–Crippen LogP) is 4.12. The highest BCUT2D eigenvalue weighted by atomic mass is 35.5. The van der Waals surface area contributed by atoms with Gasteiger partial charge >= 0.3 is 0 Å². The van der Waals surface area contributed by atoms with Gasteiger partial charge in [-0.25, -0.2) is 4.98 Å². The van der Waals surface area contributed by atoms with Gasteiger partial charge in [-0.15, -0.1) is 0 Å². The number of hydrogen-bond donors (Lipinski definition) is 1. The van der Waals surface area contributed by atoms with Crippen molar-refractivity contribution in [2.24, 2.45) is 0 Å². The Labute approximate surface area is 124 Å². The van der Waals surface area contributed by atoms with Crippen LogP contribution in [0.4, 0.5) is 0 Å². The van der Waals surface area contributed by atoms with Crippen LogP contribution in [0, 0.1) is 6.92 Å². The number of nitrogens with one attached hydrogen (secondary N) is 1. The van der Waals surface area contributed by atoms with Gasteiger partial charge in [-0.2, -0.15) is 0 Å². The van der Waals surface area contributed by atoms with Gasteiger partial charge in [0.2, 0.25) is 5.88 Å². The molecule has 0 amide bonds. The topological polar surface area (TPSA) is 34.1 Å². The minimum absolute atomic E-state index is 0.625. The lowest BCUT2D eigenvalue weighted by Gasteiger charge is -2.11. The first kappa shape index (κ1) is 14.8. The number of pyridine rings is 1. The first-order valence-electron chi connectivity index (χ1n) is 6.70. The van der Waals surface area contributed by atoms with Crippen molar-refractivity contribution in [2.75, 3.05) is 7.05 Å². The molecule has 2 rings (SSSR count). The molecule has 1 N–H and O–H groups in total. The number of aromatic nitrogens is 1. The molecule has 1 aromatic heterocycles. The molecule has 1 heterocycles. The Kier molecular flexibility index (Phi) is 4.99. The predicted molar refractivity (Wildman–Crippen MR) is 82.6 cm³/mol. The third kappa shape index (κ3) is 3.71. The summed E-state index contributed by atoms with van der Waals surface area (Å²) in [4.78, 5) is 4.51. The normalized spacial score (nSPS) is 10.6. The molecule has 0 spiro atoms. The molecule has 0 saturated heterocycles. The second-order valence-electron chi connectivity index (χ2n) is 4.70. The SMILES string of the molecule is CCc1cc(CNC)cc(Oc2ccc(Cl)cc2C)n1. The summed E-state index contributed by atoms with van der Waals surface area (Å²) in [6.45, 7) is 4.85. The van der Waals surface area contributed by atoms with Gasteiger partial charge in [-0.1, -0.05) is 18.5 Å². The van der Waals surface area contributed by atoms with Crippen LogP contribution in [0.25, 0.3) is 0 Å². The van der Waals surface area contributed by atoms with Crippen LogP contribution in [0.2, 0.25) is 5.02 Å². The molecule has 0 atom stereocenters. The summed E-state index contributed by atoms with van der Waals surface area (Å²) in [7, 11) is 1.93. The monoisotopic (exact) mass is 290 g/mol. The van der Waals surface area contributed by atoms with Gasteiger partial charge < -0.3 is 10.1 Å². The highest BCUT2D eigenvalue weighted by Crippen LogP contribution is 2.27. The fourth-order valence-corrected chi connectivity index (χ4v) is 2.23. The van der Waals surface area contributed by atoms with E-state index in [-0.39, 0.29) is 0 Å². The lowest BCUT2D eigenvalue weighted by atomic mass is 10.2. The standard InChI is InChI=1S/C16H19ClN2O/c1-4-14-8-12(10-18-3)9-16(19-14)20-15-6-5-13(17)7-11(15)2/h5-9,18H,4,10H2,1-3H3. The van der Waals surface area contributed by atoms with Gasteiger partial charge in [-0.05, 0) is 55.8 Å². The molecule has 0 bridgehead atoms. The Morgan fingerprint density at radius 3 is 2.70 bits per heavy atom. The minimum Gasteiger partial charge on any atom is -0.439 e. The molecule has 4 heteroatoms. The van der Waals surface area contributed by atoms with E-state index in [1.807, 2.05) is 38.2 Å². The number of benzene rings is 1. The smallest absolute Gasteiger partial charge is 0.219 e. The number of ether oxygens (including phenoxy) is 1. The average molecular weight is 291 g/mol. The first-order valence-corrected chi connectivity index (χ1v) is 7.08. The fraction of sp³-hybridized carbons (Fsp3) is 0.312. The Balaban J connectivity index is 2.29. The van der Waals surface area contributed by atoms with Crippen molar-refractivity contribution < 1.29 is 4.74 Å². The summed E-state index contributed by atoms with van der Waals surface area (Å²) in [5, 5.41) is 3.85. The van der Waals surface area contributed by atoms with Crippen LogP contribution in [0.3, 0.4) is 0 Å². The summed E-state index contributed by atoms with van der Waals surface area (Å²) in [6, 6.07) is 9.63. The van der Waals surface area contributed by atoms with E-state index in [2.05, 4.69) is 23.3 Å². The van der Waals surface area contributed by atoms with Crippen molar-refractivity contribution in [1.29, 1.82) is 0 Å². The van der Waals surface area contributed by atoms with Gasteiger partial charge in [0.1, 0.15) is 5.75 Å². The molecule has 3 nitrogen and oxygen atoms in total. The van der Waals surface area contributed by atoms with Crippen LogP contribution < -0.4 is 10.1 Å². The molecule has 0 radical (unpaired) electrons. The Bertz CT molecular complexity index is 599. The molecule has 0 saturated carbocycles. The molecule has 0 unspecified atom stereocenters. The van der Waals surface area contributed by atoms with E-state index in [1.165, 1.54) is 5.56 Å². The van der Waals surface area contributed by atoms with Gasteiger partial charge in [0.15, 0.2) is 0 Å². The van der Waals surface area contributed by atoms with Crippen molar-refractivity contribution in [2.45, 2.75) is 26.8 Å². The third-order valence-electron chi connectivity index (χ3n) is 3.01. The number of rotatable bonds is 5. The molecule has 106 valence electrons. The van der Waals surface area contributed by atoms with E-state index in [4.69, 9.17) is 16.3 Å². The maximum Gasteiger partial charge on any atom is 0.219 e. The van der Waals surface area contributed by atoms with Crippen LogP contribution in [0.1, 0.15) is 23.7 Å². The van der Waals surface area contributed by atoms with Crippen molar-refractivity contribution in [3.8, 4) is 11.6 Å². The van der Waals surface area contributed by atoms with E-state index < -0.39 is 0 Å². The van der Waals surface area contributed by atoms with Gasteiger partial charge in [-0.3, -0.25) is 0 Å². The molecular formula is C16H19ClN2O. The zero-order chi connectivity index (χ0) is 14.5. The zero-order valence-corrected chi connectivity index (χ0v) is 12.8. The van der Waals surface area contributed by atoms with Crippen molar-refractivity contribution >= 4 is 11.6 Å². The van der Waals surface area contributed by atoms with Gasteiger partial charge in [0, 0.05) is 23.3 Å². The summed E-state index contributed by atoms with van der Waals surface area (Å²) in [5.41, 5.74) is 3.19. The molecular weight excluding hydrogens is 272 g/mol. The van der Waals surface area contributed by atoms with E-state index >= 15 is 0 Å². The zero-order valence-electron chi connectivity index (χ0n) is 12.0. The quantitative estimate of drug-likeness (QED) is 0.899. The lowest BCUT2D eigenvalue weighted by Crippen LogP contribution is -2.06. The van der Waals surface area contributed by atoms with Crippen LogP contribution in [0.5, 0.6) is 11.6 Å². The molecule has 0 aliphatic heterocycles. The van der Waals surface area contributed by atoms with E-state index in [0.717, 1.165) is 30.0 Å². The van der Waals surface area contributed by atoms with Crippen LogP contribution in [0.15, 0.2) is 30.3 Å². The Morgan fingerprint density at radius 2 is 2.05 bits per heavy atom. The number of halogens is 1. The van der Waals surface area contributed by atoms with Crippen LogP contribution >= 0.6 is 11.6 Å². The number of hydrogen-bond acceptors (Lipinski definition) is 3. The largest absolute Gasteiger partial charge is 0.439 e. The number of nitrogens with zero attached hydrogens (tertiary/aromatic N) is 1. The second-order valence-corrected chi connectivity index (χ2v) is 5.14. The van der Waals surface area contributed by atoms with Crippen molar-refractivity contribution in [3.05, 3.63) is 52.2 Å². The van der Waals surface area contributed by atoms with E-state index in [1.54, 1.807) is 0 Å². The highest BCUT2D eigenvalue weighted by molar-refractivity contribution is 6.30. The molecule has 0 aliphatic carbocycles. The minimum atomic E-state index is 0.625. The van der Waals surface area contributed by atoms with Crippen LogP contribution in [-0.4, -0.2) is 12.0 Å². The van der Waals surface area contributed by atoms with Gasteiger partial charge in [0.05, 0.1) is 0 Å². The number of aryl methyl sites for hydroxylation is 2. The first-order chi connectivity index (χ1) is 9.62. The average Bonchev–Trinajstić information content (AvgIpc) is 2.42. The summed E-state index contributed by atoms with van der Waals surface area (Å²) >= 11 is 5.95.